The highest BCUT2D eigenvalue weighted by atomic mass is 16.6. The van der Waals surface area contributed by atoms with E-state index in [0.717, 1.165) is 35.2 Å². The van der Waals surface area contributed by atoms with E-state index < -0.39 is 43.3 Å². The van der Waals surface area contributed by atoms with Gasteiger partial charge in [-0.3, -0.25) is 39.9 Å². The number of rotatable bonds is 4. The molecule has 0 aromatic heterocycles. The van der Waals surface area contributed by atoms with Gasteiger partial charge in [0, 0.05) is 40.8 Å². The molecule has 1 heterocycles. The zero-order valence-corrected chi connectivity index (χ0v) is 15.6. The van der Waals surface area contributed by atoms with Crippen molar-refractivity contribution in [3.63, 3.8) is 0 Å². The highest BCUT2D eigenvalue weighted by Gasteiger charge is 2.39. The molecule has 0 unspecified atom stereocenters. The number of nitrogens with zero attached hydrogens (tertiary/aromatic N) is 4. The molecule has 12 nitrogen and oxygen atoms in total. The first-order valence-corrected chi connectivity index (χ1v) is 8.65. The summed E-state index contributed by atoms with van der Waals surface area (Å²) in [7, 11) is 0. The van der Waals surface area contributed by atoms with Gasteiger partial charge in [0.05, 0.1) is 20.5 Å². The summed E-state index contributed by atoms with van der Waals surface area (Å²) in [6, 6.07) is 7.81. The number of benzene rings is 3. The van der Waals surface area contributed by atoms with Crippen molar-refractivity contribution >= 4 is 45.3 Å². The first-order valence-electron chi connectivity index (χ1n) is 8.65. The van der Waals surface area contributed by atoms with Crippen LogP contribution >= 0.6 is 0 Å². The Morgan fingerprint density at radius 2 is 1.23 bits per heavy atom. The van der Waals surface area contributed by atoms with Crippen LogP contribution < -0.4 is 4.90 Å². The molecule has 0 N–H and O–H groups in total. The second-order valence-corrected chi connectivity index (χ2v) is 6.70. The number of nitro benzene ring substituents is 3. The summed E-state index contributed by atoms with van der Waals surface area (Å²) in [6.45, 7) is 1.49. The first-order chi connectivity index (χ1) is 14.6. The highest BCUT2D eigenvalue weighted by molar-refractivity contribution is 6.37. The van der Waals surface area contributed by atoms with Crippen LogP contribution in [0.15, 0.2) is 42.5 Å². The van der Waals surface area contributed by atoms with Crippen LogP contribution in [0, 0.1) is 37.3 Å². The minimum Gasteiger partial charge on any atom is -0.268 e. The molecule has 0 spiro atoms. The third-order valence-electron chi connectivity index (χ3n) is 5.01. The summed E-state index contributed by atoms with van der Waals surface area (Å²) in [5.74, 6) is -1.70. The summed E-state index contributed by atoms with van der Waals surface area (Å²) in [4.78, 5) is 58.8. The SMILES string of the molecule is Cc1cc([N+](=O)[O-])ccc1N1C(=O)c2ccc([N+](=O)[O-])c3c([N+](=O)[O-])ccc(c23)C1=O. The number of amides is 2. The first kappa shape index (κ1) is 19.6. The monoisotopic (exact) mass is 422 g/mol. The van der Waals surface area contributed by atoms with Crippen LogP contribution in [0.1, 0.15) is 26.3 Å². The van der Waals surface area contributed by atoms with Crippen molar-refractivity contribution in [1.29, 1.82) is 0 Å². The average molecular weight is 422 g/mol. The number of carbonyl (C=O) groups excluding carboxylic acids is 2. The van der Waals surface area contributed by atoms with Crippen LogP contribution in [0.2, 0.25) is 0 Å². The molecule has 0 radical (unpaired) electrons. The third-order valence-corrected chi connectivity index (χ3v) is 5.01. The number of aryl methyl sites for hydroxylation is 1. The van der Waals surface area contributed by atoms with Crippen molar-refractivity contribution in [1.82, 2.24) is 0 Å². The van der Waals surface area contributed by atoms with Gasteiger partial charge in [-0.15, -0.1) is 0 Å². The smallest absolute Gasteiger partial charge is 0.268 e. The van der Waals surface area contributed by atoms with Crippen LogP contribution in [0.4, 0.5) is 22.7 Å². The molecule has 3 aromatic carbocycles. The summed E-state index contributed by atoms with van der Waals surface area (Å²) in [5.41, 5.74) is -1.32. The number of hydrogen-bond donors (Lipinski definition) is 0. The molecular formula is C19H10N4O8. The molecule has 0 saturated heterocycles. The third kappa shape index (κ3) is 2.77. The fourth-order valence-electron chi connectivity index (χ4n) is 3.68. The van der Waals surface area contributed by atoms with Gasteiger partial charge in [0.1, 0.15) is 5.39 Å². The van der Waals surface area contributed by atoms with Gasteiger partial charge in [-0.05, 0) is 30.7 Å². The molecule has 2 amide bonds. The minimum absolute atomic E-state index is 0.0936. The Labute approximate surface area is 171 Å². The van der Waals surface area contributed by atoms with E-state index in [0.29, 0.717) is 0 Å². The number of nitro groups is 3. The summed E-state index contributed by atoms with van der Waals surface area (Å²) < 4.78 is 0. The van der Waals surface area contributed by atoms with Crippen molar-refractivity contribution in [2.24, 2.45) is 0 Å². The number of carbonyl (C=O) groups is 2. The largest absolute Gasteiger partial charge is 0.284 e. The lowest BCUT2D eigenvalue weighted by Gasteiger charge is -2.28. The number of hydrogen-bond acceptors (Lipinski definition) is 8. The normalized spacial score (nSPS) is 12.9. The zero-order valence-electron chi connectivity index (χ0n) is 15.6. The molecular weight excluding hydrogens is 412 g/mol. The van der Waals surface area contributed by atoms with Gasteiger partial charge in [0.15, 0.2) is 0 Å². The maximum Gasteiger partial charge on any atom is 0.284 e. The highest BCUT2D eigenvalue weighted by Crippen LogP contribution is 2.42. The van der Waals surface area contributed by atoms with E-state index in [1.165, 1.54) is 19.1 Å². The number of imide groups is 1. The molecule has 0 bridgehead atoms. The molecule has 12 heteroatoms. The summed E-state index contributed by atoms with van der Waals surface area (Å²) >= 11 is 0. The summed E-state index contributed by atoms with van der Waals surface area (Å²) in [6.07, 6.45) is 0. The lowest BCUT2D eigenvalue weighted by molar-refractivity contribution is -0.390. The van der Waals surface area contributed by atoms with Crippen LogP contribution in [-0.4, -0.2) is 26.6 Å². The summed E-state index contributed by atoms with van der Waals surface area (Å²) in [5, 5.41) is 33.3. The maximum atomic E-state index is 13.2. The lowest BCUT2D eigenvalue weighted by atomic mass is 9.91. The van der Waals surface area contributed by atoms with Gasteiger partial charge in [-0.2, -0.15) is 0 Å². The topological polar surface area (TPSA) is 167 Å². The zero-order chi connectivity index (χ0) is 22.6. The van der Waals surface area contributed by atoms with E-state index in [2.05, 4.69) is 0 Å². The second-order valence-electron chi connectivity index (χ2n) is 6.70. The molecule has 0 atom stereocenters. The van der Waals surface area contributed by atoms with Gasteiger partial charge < -0.3 is 0 Å². The molecule has 0 fully saturated rings. The maximum absolute atomic E-state index is 13.2. The van der Waals surface area contributed by atoms with Crippen molar-refractivity contribution < 1.29 is 24.4 Å². The van der Waals surface area contributed by atoms with E-state index in [1.54, 1.807) is 0 Å². The van der Waals surface area contributed by atoms with Gasteiger partial charge in [0.25, 0.3) is 28.9 Å². The number of non-ortho nitro benzene ring substituents is 3. The predicted molar refractivity (Wildman–Crippen MR) is 106 cm³/mol. The molecule has 0 saturated carbocycles. The van der Waals surface area contributed by atoms with Gasteiger partial charge in [-0.1, -0.05) is 0 Å². The molecule has 1 aliphatic rings. The Morgan fingerprint density at radius 1 is 0.710 bits per heavy atom. The molecule has 31 heavy (non-hydrogen) atoms. The Kier molecular flexibility index (Phi) is 4.20. The van der Waals surface area contributed by atoms with E-state index in [1.807, 2.05) is 0 Å². The Hall–Kier alpha value is -4.74. The van der Waals surface area contributed by atoms with Crippen LogP contribution in [-0.2, 0) is 0 Å². The lowest BCUT2D eigenvalue weighted by Crippen LogP contribution is -2.41. The second kappa shape index (κ2) is 6.66. The molecule has 3 aromatic rings. The standard InChI is InChI=1S/C19H10N4O8/c1-9-8-10(21(26)27)2-5-13(9)20-18(24)11-3-6-14(22(28)29)17-15(23(30)31)7-4-12(16(11)17)19(20)25/h2-8H,1H3. The van der Waals surface area contributed by atoms with Crippen molar-refractivity contribution in [3.05, 3.63) is 89.5 Å². The molecule has 154 valence electrons. The van der Waals surface area contributed by atoms with E-state index in [9.17, 15) is 39.9 Å². The van der Waals surface area contributed by atoms with Gasteiger partial charge in [-0.25, -0.2) is 4.90 Å². The van der Waals surface area contributed by atoms with Crippen LogP contribution in [0.5, 0.6) is 0 Å². The Balaban J connectivity index is 2.01. The van der Waals surface area contributed by atoms with Crippen molar-refractivity contribution in [2.75, 3.05) is 4.90 Å². The van der Waals surface area contributed by atoms with Crippen LogP contribution in [0.25, 0.3) is 10.8 Å². The van der Waals surface area contributed by atoms with Crippen molar-refractivity contribution in [3.8, 4) is 0 Å². The van der Waals surface area contributed by atoms with E-state index >= 15 is 0 Å². The van der Waals surface area contributed by atoms with Gasteiger partial charge >= 0.3 is 0 Å². The van der Waals surface area contributed by atoms with Crippen LogP contribution in [0.3, 0.4) is 0 Å². The number of anilines is 1. The average Bonchev–Trinajstić information content (AvgIpc) is 2.71. The Morgan fingerprint density at radius 3 is 1.65 bits per heavy atom. The quantitative estimate of drug-likeness (QED) is 0.348. The minimum atomic E-state index is -0.852. The molecule has 0 aliphatic carbocycles. The predicted octanol–water partition coefficient (Wildman–Crippen LogP) is 3.67. The van der Waals surface area contributed by atoms with E-state index in [4.69, 9.17) is 0 Å². The molecule has 1 aliphatic heterocycles. The Bertz CT molecular complexity index is 1310. The van der Waals surface area contributed by atoms with Gasteiger partial charge in [0.2, 0.25) is 0 Å². The molecule has 4 rings (SSSR count). The van der Waals surface area contributed by atoms with E-state index in [-0.39, 0.29) is 33.5 Å². The fraction of sp³-hybridized carbons (Fsp3) is 0.0526. The van der Waals surface area contributed by atoms with Crippen molar-refractivity contribution in [2.45, 2.75) is 6.92 Å². The fourth-order valence-corrected chi connectivity index (χ4v) is 3.68.